The molecule has 8 heteroatoms. The SMILES string of the molecule is CC(N)(C(=O)NCCc1csc(N2CCCC2)n1)c1ccccc1.Cl.Cl. The maximum atomic E-state index is 12.4. The maximum Gasteiger partial charge on any atom is 0.244 e. The predicted octanol–water partition coefficient (Wildman–Crippen LogP) is 3.12. The standard InChI is InChI=1S/C18H24N4OS.2ClH/c1-18(19,14-7-3-2-4-8-14)16(23)20-10-9-15-13-24-17(21-15)22-11-5-6-12-22;;/h2-4,7-8,13H,5-6,9-12,19H2,1H3,(H,20,23);2*1H. The second-order valence-electron chi connectivity index (χ2n) is 6.39. The summed E-state index contributed by atoms with van der Waals surface area (Å²) in [5, 5.41) is 6.12. The molecule has 3 rings (SSSR count). The smallest absolute Gasteiger partial charge is 0.244 e. The quantitative estimate of drug-likeness (QED) is 0.758. The molecule has 2 heterocycles. The second kappa shape index (κ2) is 10.1. The Bertz CT molecular complexity index is 688. The summed E-state index contributed by atoms with van der Waals surface area (Å²) < 4.78 is 0. The summed E-state index contributed by atoms with van der Waals surface area (Å²) in [7, 11) is 0. The van der Waals surface area contributed by atoms with Crippen molar-refractivity contribution in [1.82, 2.24) is 10.3 Å². The van der Waals surface area contributed by atoms with E-state index in [1.807, 2.05) is 30.3 Å². The number of thiazole rings is 1. The summed E-state index contributed by atoms with van der Waals surface area (Å²) in [6.07, 6.45) is 3.22. The van der Waals surface area contributed by atoms with Crippen LogP contribution < -0.4 is 16.0 Å². The molecule has 1 aromatic heterocycles. The number of nitrogens with two attached hydrogens (primary N) is 1. The summed E-state index contributed by atoms with van der Waals surface area (Å²) in [5.41, 5.74) is 7.03. The third kappa shape index (κ3) is 5.33. The summed E-state index contributed by atoms with van der Waals surface area (Å²) in [6, 6.07) is 9.45. The van der Waals surface area contributed by atoms with Crippen LogP contribution in [-0.4, -0.2) is 30.5 Å². The predicted molar refractivity (Wildman–Crippen MR) is 113 cm³/mol. The summed E-state index contributed by atoms with van der Waals surface area (Å²) in [6.45, 7) is 4.49. The first-order valence-corrected chi connectivity index (χ1v) is 9.27. The fourth-order valence-corrected chi connectivity index (χ4v) is 3.78. The number of hydrogen-bond acceptors (Lipinski definition) is 5. The molecule has 1 aliphatic rings. The Morgan fingerprint density at radius 1 is 1.27 bits per heavy atom. The van der Waals surface area contributed by atoms with Gasteiger partial charge in [-0.3, -0.25) is 4.79 Å². The van der Waals surface area contributed by atoms with Gasteiger partial charge in [0.15, 0.2) is 5.13 Å². The van der Waals surface area contributed by atoms with Gasteiger partial charge >= 0.3 is 0 Å². The van der Waals surface area contributed by atoms with Crippen molar-refractivity contribution >= 4 is 47.2 Å². The number of benzene rings is 1. The number of nitrogens with zero attached hydrogens (tertiary/aromatic N) is 2. The van der Waals surface area contributed by atoms with Crippen molar-refractivity contribution in [3.63, 3.8) is 0 Å². The van der Waals surface area contributed by atoms with Crippen molar-refractivity contribution in [2.45, 2.75) is 31.7 Å². The summed E-state index contributed by atoms with van der Waals surface area (Å²) in [5.74, 6) is -0.163. The molecule has 1 aliphatic heterocycles. The lowest BCUT2D eigenvalue weighted by Crippen LogP contribution is -2.49. The van der Waals surface area contributed by atoms with E-state index in [0.29, 0.717) is 6.54 Å². The van der Waals surface area contributed by atoms with Gasteiger partial charge in [-0.05, 0) is 25.3 Å². The molecule has 0 aliphatic carbocycles. The van der Waals surface area contributed by atoms with E-state index in [-0.39, 0.29) is 30.7 Å². The highest BCUT2D eigenvalue weighted by Crippen LogP contribution is 2.24. The molecule has 1 unspecified atom stereocenters. The number of rotatable bonds is 6. The number of halogens is 2. The van der Waals surface area contributed by atoms with Crippen molar-refractivity contribution in [3.05, 3.63) is 47.0 Å². The average Bonchev–Trinajstić information content (AvgIpc) is 3.27. The van der Waals surface area contributed by atoms with Crippen molar-refractivity contribution < 1.29 is 4.79 Å². The van der Waals surface area contributed by atoms with Crippen LogP contribution in [-0.2, 0) is 16.8 Å². The van der Waals surface area contributed by atoms with Gasteiger partial charge in [0.05, 0.1) is 5.69 Å². The minimum Gasteiger partial charge on any atom is -0.354 e. The molecular formula is C18H26Cl2N4OS. The molecular weight excluding hydrogens is 391 g/mol. The normalized spacial score (nSPS) is 15.5. The molecule has 0 saturated carbocycles. The first kappa shape index (κ1) is 22.7. The number of amides is 1. The number of hydrogen-bond donors (Lipinski definition) is 2. The Labute approximate surface area is 171 Å². The van der Waals surface area contributed by atoms with E-state index in [4.69, 9.17) is 5.73 Å². The number of anilines is 1. The Morgan fingerprint density at radius 3 is 2.58 bits per heavy atom. The fourth-order valence-electron chi connectivity index (χ4n) is 2.87. The molecule has 2 aromatic rings. The van der Waals surface area contributed by atoms with E-state index < -0.39 is 5.54 Å². The molecule has 144 valence electrons. The molecule has 3 N–H and O–H groups in total. The molecule has 0 radical (unpaired) electrons. The highest BCUT2D eigenvalue weighted by Gasteiger charge is 2.29. The van der Waals surface area contributed by atoms with Crippen LogP contribution in [0.1, 0.15) is 31.0 Å². The van der Waals surface area contributed by atoms with Gasteiger partial charge in [-0.25, -0.2) is 4.98 Å². The lowest BCUT2D eigenvalue weighted by atomic mass is 9.92. The van der Waals surface area contributed by atoms with E-state index in [2.05, 4.69) is 20.6 Å². The van der Waals surface area contributed by atoms with Crippen LogP contribution in [0.25, 0.3) is 0 Å². The van der Waals surface area contributed by atoms with Crippen LogP contribution in [0.4, 0.5) is 5.13 Å². The Morgan fingerprint density at radius 2 is 1.92 bits per heavy atom. The van der Waals surface area contributed by atoms with E-state index in [9.17, 15) is 4.79 Å². The molecule has 26 heavy (non-hydrogen) atoms. The maximum absolute atomic E-state index is 12.4. The van der Waals surface area contributed by atoms with Crippen LogP contribution in [0.5, 0.6) is 0 Å². The van der Waals surface area contributed by atoms with Gasteiger partial charge in [0.2, 0.25) is 5.91 Å². The van der Waals surface area contributed by atoms with E-state index in [1.54, 1.807) is 18.3 Å². The van der Waals surface area contributed by atoms with Crippen molar-refractivity contribution in [2.24, 2.45) is 5.73 Å². The van der Waals surface area contributed by atoms with Crippen molar-refractivity contribution in [2.75, 3.05) is 24.5 Å². The third-order valence-electron chi connectivity index (χ3n) is 4.43. The first-order valence-electron chi connectivity index (χ1n) is 8.39. The Kier molecular flexibility index (Phi) is 8.83. The highest BCUT2D eigenvalue weighted by atomic mass is 35.5. The van der Waals surface area contributed by atoms with E-state index >= 15 is 0 Å². The number of nitrogens with one attached hydrogen (secondary N) is 1. The molecule has 1 atom stereocenters. The van der Waals surface area contributed by atoms with Crippen LogP contribution in [0.2, 0.25) is 0 Å². The third-order valence-corrected chi connectivity index (χ3v) is 5.38. The lowest BCUT2D eigenvalue weighted by Gasteiger charge is -2.24. The first-order chi connectivity index (χ1) is 11.6. The molecule has 1 fully saturated rings. The zero-order valence-corrected chi connectivity index (χ0v) is 17.3. The zero-order chi connectivity index (χ0) is 17.0. The van der Waals surface area contributed by atoms with Crippen molar-refractivity contribution in [3.8, 4) is 0 Å². The zero-order valence-electron chi connectivity index (χ0n) is 14.8. The molecule has 1 saturated heterocycles. The van der Waals surface area contributed by atoms with E-state index in [1.165, 1.54) is 12.8 Å². The van der Waals surface area contributed by atoms with E-state index in [0.717, 1.165) is 35.9 Å². The Balaban J connectivity index is 0.00000169. The minimum absolute atomic E-state index is 0. The van der Waals surface area contributed by atoms with Gasteiger partial charge in [0, 0.05) is 31.4 Å². The van der Waals surface area contributed by atoms with Gasteiger partial charge in [-0.2, -0.15) is 0 Å². The second-order valence-corrected chi connectivity index (χ2v) is 7.23. The fraction of sp³-hybridized carbons (Fsp3) is 0.444. The topological polar surface area (TPSA) is 71.2 Å². The van der Waals surface area contributed by atoms with Crippen LogP contribution in [0, 0.1) is 0 Å². The average molecular weight is 417 g/mol. The van der Waals surface area contributed by atoms with Gasteiger partial charge in [-0.1, -0.05) is 30.3 Å². The molecule has 0 bridgehead atoms. The monoisotopic (exact) mass is 416 g/mol. The Hall–Kier alpha value is -1.34. The molecule has 0 spiro atoms. The minimum atomic E-state index is -1.02. The largest absolute Gasteiger partial charge is 0.354 e. The summed E-state index contributed by atoms with van der Waals surface area (Å²) in [4.78, 5) is 19.4. The van der Waals surface area contributed by atoms with Gasteiger partial charge < -0.3 is 16.0 Å². The van der Waals surface area contributed by atoms with Crippen molar-refractivity contribution in [1.29, 1.82) is 0 Å². The highest BCUT2D eigenvalue weighted by molar-refractivity contribution is 7.13. The molecule has 5 nitrogen and oxygen atoms in total. The molecule has 1 amide bonds. The number of carbonyl (C=O) groups excluding carboxylic acids is 1. The van der Waals surface area contributed by atoms with Gasteiger partial charge in [0.1, 0.15) is 5.54 Å². The van der Waals surface area contributed by atoms with Crippen LogP contribution in [0.15, 0.2) is 35.7 Å². The van der Waals surface area contributed by atoms with Crippen LogP contribution in [0.3, 0.4) is 0 Å². The van der Waals surface area contributed by atoms with Gasteiger partial charge in [-0.15, -0.1) is 36.2 Å². The van der Waals surface area contributed by atoms with Gasteiger partial charge in [0.25, 0.3) is 0 Å². The lowest BCUT2D eigenvalue weighted by molar-refractivity contribution is -0.126. The summed E-state index contributed by atoms with van der Waals surface area (Å²) >= 11 is 1.69. The molecule has 1 aromatic carbocycles. The number of aromatic nitrogens is 1. The van der Waals surface area contributed by atoms with Crippen LogP contribution >= 0.6 is 36.2 Å². The number of carbonyl (C=O) groups is 1.